The van der Waals surface area contributed by atoms with Crippen LogP contribution in [0.25, 0.3) is 0 Å². The van der Waals surface area contributed by atoms with E-state index in [-0.39, 0.29) is 18.8 Å². The van der Waals surface area contributed by atoms with E-state index in [4.69, 9.17) is 9.47 Å². The van der Waals surface area contributed by atoms with Crippen molar-refractivity contribution in [2.45, 2.75) is 39.5 Å². The molecule has 1 aromatic heterocycles. The predicted octanol–water partition coefficient (Wildman–Crippen LogP) is 0.924. The molecule has 7 nitrogen and oxygen atoms in total. The van der Waals surface area contributed by atoms with E-state index in [0.717, 1.165) is 0 Å². The van der Waals surface area contributed by atoms with E-state index in [2.05, 4.69) is 9.71 Å². The minimum absolute atomic E-state index is 0.113. The zero-order chi connectivity index (χ0) is 16.2. The zero-order valence-corrected chi connectivity index (χ0v) is 14.0. The van der Waals surface area contributed by atoms with E-state index in [1.807, 2.05) is 20.8 Å². The largest absolute Gasteiger partial charge is 0.478 e. The maximum Gasteiger partial charge on any atom is 0.279 e. The molecule has 1 fully saturated rings. The highest BCUT2D eigenvalue weighted by Gasteiger charge is 2.30. The summed E-state index contributed by atoms with van der Waals surface area (Å²) in [6, 6.07) is 3.55. The molecular weight excluding hydrogens is 306 g/mol. The Labute approximate surface area is 131 Å². The second kappa shape index (κ2) is 7.36. The number of nitrogens with one attached hydrogen (secondary N) is 1. The molecule has 1 saturated heterocycles. The van der Waals surface area contributed by atoms with Crippen molar-refractivity contribution in [2.24, 2.45) is 0 Å². The van der Waals surface area contributed by atoms with Gasteiger partial charge in [0.15, 0.2) is 0 Å². The van der Waals surface area contributed by atoms with Crippen LogP contribution < -0.4 is 9.46 Å². The minimum atomic E-state index is -3.56. The van der Waals surface area contributed by atoms with Gasteiger partial charge in [-0.05, 0) is 26.8 Å². The molecule has 0 aliphatic carbocycles. The average Bonchev–Trinajstić information content (AvgIpc) is 2.46. The molecule has 2 atom stereocenters. The van der Waals surface area contributed by atoms with Crippen molar-refractivity contribution in [3.05, 3.63) is 23.9 Å². The summed E-state index contributed by atoms with van der Waals surface area (Å²) >= 11 is 0. The van der Waals surface area contributed by atoms with Gasteiger partial charge in [0.25, 0.3) is 10.2 Å². The first-order valence-corrected chi connectivity index (χ1v) is 8.83. The molecule has 124 valence electrons. The number of nitrogens with zero attached hydrogens (tertiary/aromatic N) is 2. The van der Waals surface area contributed by atoms with E-state index in [1.54, 1.807) is 18.3 Å². The average molecular weight is 329 g/mol. The fourth-order valence-electron chi connectivity index (χ4n) is 2.41. The normalized spacial score (nSPS) is 23.4. The molecule has 0 radical (unpaired) electrons. The standard InChI is InChI=1S/C14H23N3O4S/c1-4-20-14-13(6-5-7-15-14)8-16-22(18,19)17-9-11(2)21-12(3)10-17/h5-7,11-12,16H,4,8-10H2,1-3H3. The van der Waals surface area contributed by atoms with Crippen molar-refractivity contribution >= 4 is 10.2 Å². The number of hydrogen-bond donors (Lipinski definition) is 1. The molecule has 1 aliphatic rings. The van der Waals surface area contributed by atoms with Gasteiger partial charge in [-0.1, -0.05) is 6.07 Å². The minimum Gasteiger partial charge on any atom is -0.478 e. The Hall–Kier alpha value is -1.22. The van der Waals surface area contributed by atoms with Gasteiger partial charge in [0.2, 0.25) is 5.88 Å². The second-order valence-electron chi connectivity index (χ2n) is 5.30. The molecule has 1 aromatic rings. The number of ether oxygens (including phenoxy) is 2. The molecule has 8 heteroatoms. The Morgan fingerprint density at radius 2 is 2.09 bits per heavy atom. The van der Waals surface area contributed by atoms with Gasteiger partial charge in [0.05, 0.1) is 18.8 Å². The van der Waals surface area contributed by atoms with Crippen LogP contribution in [0, 0.1) is 0 Å². The molecule has 22 heavy (non-hydrogen) atoms. The number of rotatable bonds is 6. The van der Waals surface area contributed by atoms with Gasteiger partial charge in [-0.2, -0.15) is 17.4 Å². The molecular formula is C14H23N3O4S. The molecule has 2 unspecified atom stereocenters. The molecule has 2 heterocycles. The predicted molar refractivity (Wildman–Crippen MR) is 82.7 cm³/mol. The van der Waals surface area contributed by atoms with E-state index >= 15 is 0 Å². The SMILES string of the molecule is CCOc1ncccc1CNS(=O)(=O)N1CC(C)OC(C)C1. The summed E-state index contributed by atoms with van der Waals surface area (Å²) in [4.78, 5) is 4.12. The molecule has 0 spiro atoms. The summed E-state index contributed by atoms with van der Waals surface area (Å²) in [7, 11) is -3.56. The first-order valence-electron chi connectivity index (χ1n) is 7.39. The van der Waals surface area contributed by atoms with Gasteiger partial charge < -0.3 is 9.47 Å². The van der Waals surface area contributed by atoms with E-state index in [0.29, 0.717) is 31.1 Å². The molecule has 1 aliphatic heterocycles. The lowest BCUT2D eigenvalue weighted by molar-refractivity contribution is -0.0444. The summed E-state index contributed by atoms with van der Waals surface area (Å²) in [5.41, 5.74) is 0.710. The fraction of sp³-hybridized carbons (Fsp3) is 0.643. The highest BCUT2D eigenvalue weighted by molar-refractivity contribution is 7.87. The van der Waals surface area contributed by atoms with Crippen LogP contribution in [0.5, 0.6) is 5.88 Å². The number of pyridine rings is 1. The lowest BCUT2D eigenvalue weighted by atomic mass is 10.3. The topological polar surface area (TPSA) is 80.8 Å². The lowest BCUT2D eigenvalue weighted by Crippen LogP contribution is -2.51. The quantitative estimate of drug-likeness (QED) is 0.839. The van der Waals surface area contributed by atoms with Crippen molar-refractivity contribution in [1.29, 1.82) is 0 Å². The molecule has 1 N–H and O–H groups in total. The second-order valence-corrected chi connectivity index (χ2v) is 7.06. The van der Waals surface area contributed by atoms with Gasteiger partial charge >= 0.3 is 0 Å². The van der Waals surface area contributed by atoms with Crippen molar-refractivity contribution in [2.75, 3.05) is 19.7 Å². The van der Waals surface area contributed by atoms with Crippen LogP contribution in [0.4, 0.5) is 0 Å². The third kappa shape index (κ3) is 4.39. The van der Waals surface area contributed by atoms with E-state index < -0.39 is 10.2 Å². The Kier molecular flexibility index (Phi) is 5.74. The number of hydrogen-bond acceptors (Lipinski definition) is 5. The highest BCUT2D eigenvalue weighted by atomic mass is 32.2. The van der Waals surface area contributed by atoms with Crippen LogP contribution in [0.15, 0.2) is 18.3 Å². The maximum atomic E-state index is 12.4. The van der Waals surface area contributed by atoms with Crippen LogP contribution in [0.2, 0.25) is 0 Å². The molecule has 0 amide bonds. The smallest absolute Gasteiger partial charge is 0.279 e. The summed E-state index contributed by atoms with van der Waals surface area (Å²) in [5, 5.41) is 0. The zero-order valence-electron chi connectivity index (χ0n) is 13.2. The van der Waals surface area contributed by atoms with Crippen molar-refractivity contribution in [3.63, 3.8) is 0 Å². The Bertz CT molecular complexity index is 584. The summed E-state index contributed by atoms with van der Waals surface area (Å²) in [6.07, 6.45) is 1.39. The highest BCUT2D eigenvalue weighted by Crippen LogP contribution is 2.16. The van der Waals surface area contributed by atoms with Crippen LogP contribution in [0.3, 0.4) is 0 Å². The van der Waals surface area contributed by atoms with Crippen LogP contribution in [0.1, 0.15) is 26.3 Å². The van der Waals surface area contributed by atoms with Crippen LogP contribution in [-0.2, 0) is 21.5 Å². The molecule has 0 saturated carbocycles. The van der Waals surface area contributed by atoms with Crippen LogP contribution in [-0.4, -0.2) is 49.6 Å². The summed E-state index contributed by atoms with van der Waals surface area (Å²) in [6.45, 7) is 6.93. The Morgan fingerprint density at radius 3 is 2.73 bits per heavy atom. The first kappa shape index (κ1) is 17.1. The van der Waals surface area contributed by atoms with E-state index in [1.165, 1.54) is 4.31 Å². The molecule has 2 rings (SSSR count). The van der Waals surface area contributed by atoms with Gasteiger partial charge in [0.1, 0.15) is 0 Å². The molecule has 0 bridgehead atoms. The van der Waals surface area contributed by atoms with Crippen molar-refractivity contribution in [1.82, 2.24) is 14.0 Å². The lowest BCUT2D eigenvalue weighted by Gasteiger charge is -2.34. The van der Waals surface area contributed by atoms with Gasteiger partial charge in [0, 0.05) is 31.4 Å². The summed E-state index contributed by atoms with van der Waals surface area (Å²) < 4.78 is 39.8. The Balaban J connectivity index is 2.04. The third-order valence-corrected chi connectivity index (χ3v) is 4.79. The number of morpholine rings is 1. The summed E-state index contributed by atoms with van der Waals surface area (Å²) in [5.74, 6) is 0.455. The first-order chi connectivity index (χ1) is 10.4. The van der Waals surface area contributed by atoms with Gasteiger partial charge in [-0.25, -0.2) is 4.98 Å². The monoisotopic (exact) mass is 329 g/mol. The maximum absolute atomic E-state index is 12.4. The number of aromatic nitrogens is 1. The Morgan fingerprint density at radius 1 is 1.41 bits per heavy atom. The third-order valence-electron chi connectivity index (χ3n) is 3.30. The van der Waals surface area contributed by atoms with Crippen LogP contribution >= 0.6 is 0 Å². The van der Waals surface area contributed by atoms with E-state index in [9.17, 15) is 8.42 Å². The fourth-order valence-corrected chi connectivity index (χ4v) is 3.75. The van der Waals surface area contributed by atoms with Crippen molar-refractivity contribution < 1.29 is 17.9 Å². The van der Waals surface area contributed by atoms with Gasteiger partial charge in [-0.3, -0.25) is 0 Å². The van der Waals surface area contributed by atoms with Crippen molar-refractivity contribution in [3.8, 4) is 5.88 Å². The van der Waals surface area contributed by atoms with Gasteiger partial charge in [-0.15, -0.1) is 0 Å². The molecule has 0 aromatic carbocycles.